The van der Waals surface area contributed by atoms with Crippen LogP contribution in [-0.4, -0.2) is 31.0 Å². The SMILES string of the molecule is Cc1cn(-c2ccc3n(c2=O)C[C@@H](C)N(Cc2coc4ccc(C(F)(F)F)cc24)C3=O)cn1. The molecular formula is C23H19F3N4O3. The summed E-state index contributed by atoms with van der Waals surface area (Å²) in [6.07, 6.45) is 0.154. The molecule has 0 spiro atoms. The average Bonchev–Trinajstić information content (AvgIpc) is 3.37. The summed E-state index contributed by atoms with van der Waals surface area (Å²) < 4.78 is 48.0. The number of aromatic nitrogens is 3. The summed E-state index contributed by atoms with van der Waals surface area (Å²) in [6, 6.07) is 6.07. The fraction of sp³-hybridized carbons (Fsp3) is 0.261. The van der Waals surface area contributed by atoms with Gasteiger partial charge in [0.15, 0.2) is 0 Å². The third-order valence-electron chi connectivity index (χ3n) is 5.92. The molecule has 0 unspecified atom stereocenters. The van der Waals surface area contributed by atoms with E-state index >= 15 is 0 Å². The molecule has 0 radical (unpaired) electrons. The van der Waals surface area contributed by atoms with Crippen molar-refractivity contribution in [2.75, 3.05) is 0 Å². The van der Waals surface area contributed by atoms with Crippen molar-refractivity contribution in [3.05, 3.63) is 82.0 Å². The van der Waals surface area contributed by atoms with Gasteiger partial charge >= 0.3 is 6.18 Å². The van der Waals surface area contributed by atoms with Gasteiger partial charge in [-0.25, -0.2) is 4.98 Å². The summed E-state index contributed by atoms with van der Waals surface area (Å²) >= 11 is 0. The number of benzene rings is 1. The van der Waals surface area contributed by atoms with Crippen LogP contribution in [0, 0.1) is 6.92 Å². The van der Waals surface area contributed by atoms with E-state index in [-0.39, 0.29) is 36.3 Å². The Morgan fingerprint density at radius 1 is 1.18 bits per heavy atom. The minimum atomic E-state index is -4.48. The average molecular weight is 456 g/mol. The van der Waals surface area contributed by atoms with Gasteiger partial charge in [-0.05, 0) is 44.2 Å². The molecular weight excluding hydrogens is 437 g/mol. The van der Waals surface area contributed by atoms with Crippen molar-refractivity contribution in [2.45, 2.75) is 39.2 Å². The highest BCUT2D eigenvalue weighted by molar-refractivity contribution is 5.94. The highest BCUT2D eigenvalue weighted by Gasteiger charge is 2.33. The summed E-state index contributed by atoms with van der Waals surface area (Å²) in [5.74, 6) is -0.375. The van der Waals surface area contributed by atoms with Crippen LogP contribution in [0.15, 0.2) is 58.3 Å². The second kappa shape index (κ2) is 7.36. The normalized spacial score (nSPS) is 16.5. The Morgan fingerprint density at radius 3 is 2.67 bits per heavy atom. The van der Waals surface area contributed by atoms with E-state index in [0.717, 1.165) is 17.8 Å². The van der Waals surface area contributed by atoms with Gasteiger partial charge < -0.3 is 18.5 Å². The summed E-state index contributed by atoms with van der Waals surface area (Å²) in [7, 11) is 0. The van der Waals surface area contributed by atoms with Gasteiger partial charge in [-0.1, -0.05) is 0 Å². The lowest BCUT2D eigenvalue weighted by atomic mass is 10.1. The Morgan fingerprint density at radius 2 is 1.97 bits per heavy atom. The molecule has 1 amide bonds. The van der Waals surface area contributed by atoms with Gasteiger partial charge in [0.2, 0.25) is 0 Å². The van der Waals surface area contributed by atoms with Gasteiger partial charge in [0.25, 0.3) is 11.5 Å². The van der Waals surface area contributed by atoms with Gasteiger partial charge in [0.1, 0.15) is 17.0 Å². The van der Waals surface area contributed by atoms with Crippen LogP contribution in [0.2, 0.25) is 0 Å². The fourth-order valence-corrected chi connectivity index (χ4v) is 4.19. The molecule has 7 nitrogen and oxygen atoms in total. The Kier molecular flexibility index (Phi) is 4.70. The first kappa shape index (κ1) is 21.0. The van der Waals surface area contributed by atoms with Crippen molar-refractivity contribution in [3.8, 4) is 5.69 Å². The summed E-state index contributed by atoms with van der Waals surface area (Å²) in [5, 5.41) is 0.304. The third kappa shape index (κ3) is 3.51. The van der Waals surface area contributed by atoms with Crippen molar-refractivity contribution in [1.82, 2.24) is 19.0 Å². The summed E-state index contributed by atoms with van der Waals surface area (Å²) in [6.45, 7) is 3.92. The van der Waals surface area contributed by atoms with Gasteiger partial charge in [-0.15, -0.1) is 0 Å². The molecule has 0 saturated carbocycles. The molecule has 4 heterocycles. The number of imidazole rings is 1. The molecule has 0 saturated heterocycles. The van der Waals surface area contributed by atoms with E-state index in [2.05, 4.69) is 4.98 Å². The van der Waals surface area contributed by atoms with Crippen molar-refractivity contribution in [2.24, 2.45) is 0 Å². The molecule has 0 bridgehead atoms. The molecule has 1 aromatic carbocycles. The largest absolute Gasteiger partial charge is 0.464 e. The molecule has 5 rings (SSSR count). The molecule has 4 aromatic rings. The first-order valence-corrected chi connectivity index (χ1v) is 10.3. The van der Waals surface area contributed by atoms with Crippen LogP contribution in [0.4, 0.5) is 13.2 Å². The second-order valence-electron chi connectivity index (χ2n) is 8.19. The zero-order chi connectivity index (χ0) is 23.5. The number of nitrogens with zero attached hydrogens (tertiary/aromatic N) is 4. The molecule has 170 valence electrons. The number of aryl methyl sites for hydroxylation is 1. The molecule has 1 aliphatic rings. The maximum atomic E-state index is 13.3. The first-order chi connectivity index (χ1) is 15.6. The maximum Gasteiger partial charge on any atom is 0.416 e. The van der Waals surface area contributed by atoms with Crippen LogP contribution in [0.1, 0.15) is 34.2 Å². The number of furan rings is 1. The smallest absolute Gasteiger partial charge is 0.416 e. The van der Waals surface area contributed by atoms with Gasteiger partial charge in [-0.2, -0.15) is 13.2 Å². The lowest BCUT2D eigenvalue weighted by Gasteiger charge is -2.35. The van der Waals surface area contributed by atoms with Gasteiger partial charge in [0.05, 0.1) is 30.4 Å². The number of pyridine rings is 1. The molecule has 0 aliphatic carbocycles. The zero-order valence-electron chi connectivity index (χ0n) is 17.8. The van der Waals surface area contributed by atoms with E-state index in [1.165, 1.54) is 16.9 Å². The topological polar surface area (TPSA) is 73.3 Å². The number of halogens is 3. The quantitative estimate of drug-likeness (QED) is 0.464. The van der Waals surface area contributed by atoms with E-state index in [9.17, 15) is 22.8 Å². The lowest BCUT2D eigenvalue weighted by Crippen LogP contribution is -2.49. The van der Waals surface area contributed by atoms with Crippen molar-refractivity contribution in [3.63, 3.8) is 0 Å². The summed E-state index contributed by atoms with van der Waals surface area (Å²) in [5.41, 5.74) is 1.05. The number of carbonyl (C=O) groups excluding carboxylic acids is 1. The van der Waals surface area contributed by atoms with Crippen molar-refractivity contribution >= 4 is 16.9 Å². The van der Waals surface area contributed by atoms with Crippen LogP contribution in [0.25, 0.3) is 16.7 Å². The van der Waals surface area contributed by atoms with Crippen molar-refractivity contribution < 1.29 is 22.4 Å². The highest BCUT2D eigenvalue weighted by Crippen LogP contribution is 2.34. The van der Waals surface area contributed by atoms with Gasteiger partial charge in [-0.3, -0.25) is 9.59 Å². The third-order valence-corrected chi connectivity index (χ3v) is 5.92. The minimum absolute atomic E-state index is 0.0605. The Bertz CT molecular complexity index is 1450. The van der Waals surface area contributed by atoms with E-state index in [0.29, 0.717) is 22.2 Å². The van der Waals surface area contributed by atoms with Crippen LogP contribution in [-0.2, 0) is 19.3 Å². The standard InChI is InChI=1S/C23H19F3N4O3/c1-13-8-28(12-27-13)18-4-5-19-22(32)29(14(2)9-30(19)21(18)31)10-15-11-33-20-6-3-16(7-17(15)20)23(24,25)26/h3-8,11-12,14H,9-10H2,1-2H3/t14-/m1/s1. The predicted molar refractivity (Wildman–Crippen MR) is 113 cm³/mol. The Balaban J connectivity index is 1.50. The monoisotopic (exact) mass is 456 g/mol. The molecule has 10 heteroatoms. The number of hydrogen-bond donors (Lipinski definition) is 0. The number of carbonyl (C=O) groups is 1. The van der Waals surface area contributed by atoms with Crippen LogP contribution in [0.5, 0.6) is 0 Å². The molecule has 1 atom stereocenters. The summed E-state index contributed by atoms with van der Waals surface area (Å²) in [4.78, 5) is 32.0. The maximum absolute atomic E-state index is 13.3. The first-order valence-electron chi connectivity index (χ1n) is 10.3. The van der Waals surface area contributed by atoms with Gasteiger partial charge in [0, 0.05) is 29.7 Å². The van der Waals surface area contributed by atoms with E-state index in [1.54, 1.807) is 41.0 Å². The Hall–Kier alpha value is -3.82. The van der Waals surface area contributed by atoms with Crippen molar-refractivity contribution in [1.29, 1.82) is 0 Å². The fourth-order valence-electron chi connectivity index (χ4n) is 4.19. The number of hydrogen-bond acceptors (Lipinski definition) is 4. The minimum Gasteiger partial charge on any atom is -0.464 e. The van der Waals surface area contributed by atoms with Crippen LogP contribution < -0.4 is 5.56 Å². The molecule has 1 aliphatic heterocycles. The Labute approximate surface area is 185 Å². The zero-order valence-corrected chi connectivity index (χ0v) is 17.8. The highest BCUT2D eigenvalue weighted by atomic mass is 19.4. The number of rotatable bonds is 3. The second-order valence-corrected chi connectivity index (χ2v) is 8.19. The molecule has 0 fully saturated rings. The number of alkyl halides is 3. The molecule has 0 N–H and O–H groups in total. The molecule has 33 heavy (non-hydrogen) atoms. The van der Waals surface area contributed by atoms with E-state index < -0.39 is 11.7 Å². The van der Waals surface area contributed by atoms with E-state index in [1.807, 2.05) is 6.92 Å². The van der Waals surface area contributed by atoms with E-state index in [4.69, 9.17) is 4.42 Å². The van der Waals surface area contributed by atoms with Crippen LogP contribution >= 0.6 is 0 Å². The lowest BCUT2D eigenvalue weighted by molar-refractivity contribution is -0.137. The number of fused-ring (bicyclic) bond motifs is 2. The predicted octanol–water partition coefficient (Wildman–Crippen LogP) is 4.15. The molecule has 3 aromatic heterocycles. The van der Waals surface area contributed by atoms with Crippen LogP contribution in [0.3, 0.4) is 0 Å². The number of amides is 1.